The van der Waals surface area contributed by atoms with E-state index in [4.69, 9.17) is 0 Å². The van der Waals surface area contributed by atoms with Crippen LogP contribution in [0.3, 0.4) is 0 Å². The van der Waals surface area contributed by atoms with Crippen molar-refractivity contribution in [2.24, 2.45) is 0 Å². The molecule has 0 nitrogen and oxygen atoms in total. The Hall–Kier alpha value is -0.0405. The molecule has 0 aliphatic carbocycles. The summed E-state index contributed by atoms with van der Waals surface area (Å²) < 4.78 is 1.49. The molecule has 2 heteroatoms. The van der Waals surface area contributed by atoms with Crippen LogP contribution in [0.25, 0.3) is 0 Å². The van der Waals surface area contributed by atoms with Crippen LogP contribution in [0.1, 0.15) is 13.8 Å². The van der Waals surface area contributed by atoms with Crippen molar-refractivity contribution in [3.8, 4) is 0 Å². The van der Waals surface area contributed by atoms with Crippen LogP contribution in [-0.2, 0) is 0 Å². The van der Waals surface area contributed by atoms with E-state index >= 15 is 0 Å². The Labute approximate surface area is 101 Å². The molecule has 0 N–H and O–H groups in total. The molecule has 0 spiro atoms. The molecule has 1 rings (SSSR count). The van der Waals surface area contributed by atoms with Crippen molar-refractivity contribution < 1.29 is 0 Å². The van der Waals surface area contributed by atoms with Gasteiger partial charge in [0.15, 0.2) is 0 Å². The molecule has 0 fully saturated rings. The van der Waals surface area contributed by atoms with Gasteiger partial charge in [0.2, 0.25) is 0 Å². The Morgan fingerprint density at radius 1 is 1.14 bits per heavy atom. The van der Waals surface area contributed by atoms with E-state index in [2.05, 4.69) is 60.1 Å². The standard InChI is InChI=1S/C12H15BrSe/c1-10(8-13)11(2)9-14-12-6-4-3-5-7-12/h3-7H,8-9H2,1-2H3/b11-10-. The first-order valence-electron chi connectivity index (χ1n) is 4.63. The van der Waals surface area contributed by atoms with E-state index in [9.17, 15) is 0 Å². The minimum absolute atomic E-state index is 0.592. The topological polar surface area (TPSA) is 0 Å². The van der Waals surface area contributed by atoms with Crippen molar-refractivity contribution in [2.45, 2.75) is 19.2 Å². The van der Waals surface area contributed by atoms with E-state index in [1.54, 1.807) is 0 Å². The van der Waals surface area contributed by atoms with Gasteiger partial charge >= 0.3 is 101 Å². The molecule has 76 valence electrons. The normalized spacial score (nSPS) is 12.5. The summed E-state index contributed by atoms with van der Waals surface area (Å²) >= 11 is 4.08. The molecule has 1 aromatic rings. The monoisotopic (exact) mass is 318 g/mol. The van der Waals surface area contributed by atoms with E-state index in [0.29, 0.717) is 15.0 Å². The number of allylic oxidation sites excluding steroid dienone is 2. The van der Waals surface area contributed by atoms with E-state index in [1.807, 2.05) is 0 Å². The Morgan fingerprint density at radius 2 is 1.79 bits per heavy atom. The molecule has 0 heterocycles. The third-order valence-corrected chi connectivity index (χ3v) is 5.45. The molecule has 0 bridgehead atoms. The Bertz CT molecular complexity index is 303. The predicted molar refractivity (Wildman–Crippen MR) is 68.8 cm³/mol. The summed E-state index contributed by atoms with van der Waals surface area (Å²) in [6.07, 6.45) is 0. The van der Waals surface area contributed by atoms with Gasteiger partial charge in [0.1, 0.15) is 0 Å². The number of benzene rings is 1. The fraction of sp³-hybridized carbons (Fsp3) is 0.333. The molecule has 1 aromatic carbocycles. The molecule has 14 heavy (non-hydrogen) atoms. The van der Waals surface area contributed by atoms with Crippen LogP contribution in [0, 0.1) is 0 Å². The molecular weight excluding hydrogens is 303 g/mol. The first-order valence-corrected chi connectivity index (χ1v) is 7.82. The van der Waals surface area contributed by atoms with Crippen LogP contribution in [0.2, 0.25) is 5.32 Å². The Kier molecular flexibility index (Phi) is 5.54. The molecule has 0 amide bonds. The Balaban J connectivity index is 2.50. The van der Waals surface area contributed by atoms with E-state index in [-0.39, 0.29) is 0 Å². The predicted octanol–water partition coefficient (Wildman–Crippen LogP) is 3.17. The molecular formula is C12H15BrSe. The second-order valence-corrected chi connectivity index (χ2v) is 6.06. The first kappa shape index (κ1) is 12.0. The molecule has 0 atom stereocenters. The van der Waals surface area contributed by atoms with Gasteiger partial charge in [0.05, 0.1) is 0 Å². The maximum atomic E-state index is 3.49. The summed E-state index contributed by atoms with van der Waals surface area (Å²) in [5.74, 6) is 0. The van der Waals surface area contributed by atoms with Gasteiger partial charge in [-0.2, -0.15) is 0 Å². The quantitative estimate of drug-likeness (QED) is 0.454. The van der Waals surface area contributed by atoms with Gasteiger partial charge in [-0.05, 0) is 0 Å². The number of hydrogen-bond donors (Lipinski definition) is 0. The van der Waals surface area contributed by atoms with E-state index in [0.717, 1.165) is 5.33 Å². The molecule has 0 aromatic heterocycles. The van der Waals surface area contributed by atoms with Gasteiger partial charge in [-0.1, -0.05) is 0 Å². The van der Waals surface area contributed by atoms with Crippen molar-refractivity contribution in [3.63, 3.8) is 0 Å². The fourth-order valence-electron chi connectivity index (χ4n) is 0.946. The zero-order valence-electron chi connectivity index (χ0n) is 8.59. The average molecular weight is 318 g/mol. The second kappa shape index (κ2) is 6.44. The van der Waals surface area contributed by atoms with Crippen molar-refractivity contribution in [2.75, 3.05) is 5.33 Å². The molecule has 0 saturated carbocycles. The second-order valence-electron chi connectivity index (χ2n) is 3.30. The van der Waals surface area contributed by atoms with Crippen LogP contribution >= 0.6 is 15.9 Å². The number of rotatable bonds is 4. The van der Waals surface area contributed by atoms with Crippen LogP contribution < -0.4 is 4.46 Å². The maximum absolute atomic E-state index is 3.49. The third kappa shape index (κ3) is 4.00. The summed E-state index contributed by atoms with van der Waals surface area (Å²) in [7, 11) is 0. The molecule has 0 radical (unpaired) electrons. The van der Waals surface area contributed by atoms with Crippen molar-refractivity contribution in [1.29, 1.82) is 0 Å². The Morgan fingerprint density at radius 3 is 2.36 bits per heavy atom. The first-order chi connectivity index (χ1) is 6.74. The fourth-order valence-corrected chi connectivity index (χ4v) is 3.48. The summed E-state index contributed by atoms with van der Waals surface area (Å²) in [6.45, 7) is 4.44. The minimum atomic E-state index is 0.592. The SMILES string of the molecule is C/C(CBr)=C(\C)C[Se]c1ccccc1. The number of alkyl halides is 1. The van der Waals surface area contributed by atoms with Gasteiger partial charge < -0.3 is 0 Å². The summed E-state index contributed by atoms with van der Waals surface area (Å²) in [6, 6.07) is 10.8. The summed E-state index contributed by atoms with van der Waals surface area (Å²) in [5, 5.41) is 2.23. The van der Waals surface area contributed by atoms with Crippen LogP contribution in [0.5, 0.6) is 0 Å². The number of halogens is 1. The van der Waals surface area contributed by atoms with Gasteiger partial charge in [0, 0.05) is 0 Å². The van der Waals surface area contributed by atoms with Crippen molar-refractivity contribution in [1.82, 2.24) is 0 Å². The molecule has 0 saturated heterocycles. The molecule has 0 aliphatic heterocycles. The van der Waals surface area contributed by atoms with Crippen LogP contribution in [0.15, 0.2) is 41.5 Å². The summed E-state index contributed by atoms with van der Waals surface area (Å²) in [5.41, 5.74) is 3.01. The van der Waals surface area contributed by atoms with Crippen molar-refractivity contribution >= 4 is 35.3 Å². The molecule has 0 aliphatic rings. The van der Waals surface area contributed by atoms with Gasteiger partial charge in [0.25, 0.3) is 0 Å². The van der Waals surface area contributed by atoms with E-state index < -0.39 is 0 Å². The van der Waals surface area contributed by atoms with Gasteiger partial charge in [-0.15, -0.1) is 0 Å². The van der Waals surface area contributed by atoms with E-state index in [1.165, 1.54) is 20.9 Å². The number of hydrogen-bond acceptors (Lipinski definition) is 0. The summed E-state index contributed by atoms with van der Waals surface area (Å²) in [4.78, 5) is 0. The van der Waals surface area contributed by atoms with Gasteiger partial charge in [-0.3, -0.25) is 0 Å². The molecule has 0 unspecified atom stereocenters. The zero-order valence-corrected chi connectivity index (χ0v) is 11.9. The van der Waals surface area contributed by atoms with Gasteiger partial charge in [-0.25, -0.2) is 0 Å². The third-order valence-electron chi connectivity index (χ3n) is 2.13. The van der Waals surface area contributed by atoms with Crippen molar-refractivity contribution in [3.05, 3.63) is 41.5 Å². The van der Waals surface area contributed by atoms with Crippen LogP contribution in [-0.4, -0.2) is 20.3 Å². The zero-order chi connectivity index (χ0) is 10.4. The average Bonchev–Trinajstić information content (AvgIpc) is 2.26. The van der Waals surface area contributed by atoms with Crippen LogP contribution in [0.4, 0.5) is 0 Å².